The number of rotatable bonds is 8. The molecule has 0 aliphatic carbocycles. The molecule has 6 fully saturated rings. The minimum absolute atomic E-state index is 0.0401. The Hall–Kier alpha value is -4.36. The first-order valence-corrected chi connectivity index (χ1v) is 26.2. The lowest BCUT2D eigenvalue weighted by Crippen LogP contribution is -2.51. The third-order valence-corrected chi connectivity index (χ3v) is 17.6. The van der Waals surface area contributed by atoms with Crippen molar-refractivity contribution in [3.63, 3.8) is 0 Å². The van der Waals surface area contributed by atoms with Crippen molar-refractivity contribution in [3.8, 4) is 11.5 Å². The molecule has 0 amide bonds. The Morgan fingerprint density at radius 3 is 1.41 bits per heavy atom. The van der Waals surface area contributed by atoms with Crippen LogP contribution in [0.25, 0.3) is 0 Å². The number of pyridine rings is 2. The van der Waals surface area contributed by atoms with Crippen molar-refractivity contribution in [2.75, 3.05) is 112 Å². The molecule has 8 aliphatic rings. The van der Waals surface area contributed by atoms with Crippen molar-refractivity contribution in [3.05, 3.63) is 48.3 Å². The fourth-order valence-electron chi connectivity index (χ4n) is 11.3. The topological polar surface area (TPSA) is 238 Å². The second-order valence-corrected chi connectivity index (χ2v) is 21.8. The number of anilines is 4. The molecular weight excluding hydrogens is 937 g/mol. The number of morpholine rings is 2. The minimum Gasteiger partial charge on any atom is -0.486 e. The summed E-state index contributed by atoms with van der Waals surface area (Å²) in [4.78, 5) is 39.0. The highest BCUT2D eigenvalue weighted by Gasteiger charge is 2.49. The van der Waals surface area contributed by atoms with E-state index in [9.17, 15) is 10.2 Å². The lowest BCUT2D eigenvalue weighted by molar-refractivity contribution is 0.0688. The zero-order valence-electron chi connectivity index (χ0n) is 39.9. The summed E-state index contributed by atoms with van der Waals surface area (Å²) in [5, 5.41) is 21.7. The van der Waals surface area contributed by atoms with Gasteiger partial charge in [0.2, 0.25) is 0 Å². The van der Waals surface area contributed by atoms with Crippen LogP contribution >= 0.6 is 23.5 Å². The average molecular weight is 1000 g/mol. The van der Waals surface area contributed by atoms with Gasteiger partial charge in [0, 0.05) is 74.6 Å². The molecule has 6 atom stereocenters. The fraction of sp³-hybridized carbons (Fsp3) is 0.625. The van der Waals surface area contributed by atoms with Gasteiger partial charge in [-0.1, -0.05) is 23.5 Å². The van der Waals surface area contributed by atoms with E-state index >= 15 is 0 Å². The number of aliphatic hydroxyl groups is 2. The van der Waals surface area contributed by atoms with Gasteiger partial charge in [0.25, 0.3) is 0 Å². The first kappa shape index (κ1) is 47.9. The lowest BCUT2D eigenvalue weighted by Gasteiger charge is -2.41. The highest BCUT2D eigenvalue weighted by Crippen LogP contribution is 2.47. The molecule has 12 heterocycles. The molecule has 70 heavy (non-hydrogen) atoms. The number of fused-ring (bicyclic) bond motifs is 6. The van der Waals surface area contributed by atoms with Crippen molar-refractivity contribution in [2.24, 2.45) is 22.3 Å². The van der Waals surface area contributed by atoms with Crippen LogP contribution in [0.4, 0.5) is 23.3 Å². The van der Waals surface area contributed by atoms with Crippen LogP contribution in [0.15, 0.2) is 56.8 Å². The number of aliphatic hydroxyl groups excluding tert-OH is 2. The maximum Gasteiger partial charge on any atom is 0.175 e. The molecule has 22 heteroatoms. The summed E-state index contributed by atoms with van der Waals surface area (Å²) in [6.45, 7) is 14.0. The van der Waals surface area contributed by atoms with Crippen LogP contribution in [0.1, 0.15) is 50.9 Å². The van der Waals surface area contributed by atoms with Crippen LogP contribution in [0.2, 0.25) is 0 Å². The summed E-state index contributed by atoms with van der Waals surface area (Å²) in [6, 6.07) is 4.40. The Labute approximate surface area is 416 Å². The lowest BCUT2D eigenvalue weighted by atomic mass is 9.73. The molecule has 0 bridgehead atoms. The van der Waals surface area contributed by atoms with Crippen LogP contribution in [-0.4, -0.2) is 169 Å². The van der Waals surface area contributed by atoms with Gasteiger partial charge in [0.1, 0.15) is 34.7 Å². The van der Waals surface area contributed by atoms with E-state index in [0.717, 1.165) is 123 Å². The molecule has 8 aliphatic heterocycles. The Bertz CT molecular complexity index is 2330. The molecule has 4 aromatic heterocycles. The summed E-state index contributed by atoms with van der Waals surface area (Å²) in [5.41, 5.74) is 14.2. The van der Waals surface area contributed by atoms with E-state index in [4.69, 9.17) is 59.8 Å². The van der Waals surface area contributed by atoms with E-state index in [-0.39, 0.29) is 60.4 Å². The maximum atomic E-state index is 10.1. The molecule has 12 rings (SSSR count). The predicted octanol–water partition coefficient (Wildman–Crippen LogP) is 2.89. The highest BCUT2D eigenvalue weighted by molar-refractivity contribution is 7.99. The van der Waals surface area contributed by atoms with Gasteiger partial charge in [-0.25, -0.2) is 29.9 Å². The number of ether oxygens (including phenoxy) is 6. The number of nitrogens with zero attached hydrogens (tertiary/aromatic N) is 10. The molecule has 4 aromatic rings. The summed E-state index contributed by atoms with van der Waals surface area (Å²) < 4.78 is 35.1. The van der Waals surface area contributed by atoms with Crippen LogP contribution in [-0.2, 0) is 32.2 Å². The first-order chi connectivity index (χ1) is 34.2. The number of hydrogen-bond acceptors (Lipinski definition) is 22. The third kappa shape index (κ3) is 9.10. The van der Waals surface area contributed by atoms with Crippen molar-refractivity contribution in [1.82, 2.24) is 29.9 Å². The number of nitrogens with two attached hydrogens (primary N) is 2. The van der Waals surface area contributed by atoms with E-state index in [2.05, 4.69) is 43.4 Å². The molecule has 2 spiro atoms. The molecule has 0 saturated carbocycles. The minimum atomic E-state index is -0.168. The maximum absolute atomic E-state index is 10.1. The van der Waals surface area contributed by atoms with Gasteiger partial charge in [-0.3, -0.25) is 0 Å². The van der Waals surface area contributed by atoms with E-state index in [1.807, 2.05) is 12.1 Å². The summed E-state index contributed by atoms with van der Waals surface area (Å²) in [7, 11) is 0. The molecule has 0 aromatic carbocycles. The van der Waals surface area contributed by atoms with Crippen LogP contribution in [0, 0.1) is 10.8 Å². The monoisotopic (exact) mass is 1000 g/mol. The van der Waals surface area contributed by atoms with Gasteiger partial charge in [-0.05, 0) is 51.7 Å². The largest absolute Gasteiger partial charge is 0.486 e. The van der Waals surface area contributed by atoms with Crippen LogP contribution in [0.3, 0.4) is 0 Å². The Morgan fingerprint density at radius 2 is 1.03 bits per heavy atom. The van der Waals surface area contributed by atoms with E-state index in [1.165, 1.54) is 23.5 Å². The van der Waals surface area contributed by atoms with Crippen molar-refractivity contribution in [2.45, 2.75) is 109 Å². The Morgan fingerprint density at radius 1 is 0.600 bits per heavy atom. The normalized spacial score (nSPS) is 27.5. The predicted molar refractivity (Wildman–Crippen MR) is 262 cm³/mol. The smallest absolute Gasteiger partial charge is 0.175 e. The molecule has 6 N–H and O–H groups in total. The molecular formula is C48H64N12O8S2. The molecule has 6 saturated heterocycles. The van der Waals surface area contributed by atoms with Gasteiger partial charge in [-0.15, -0.1) is 0 Å². The Balaban J connectivity index is 0.000000152. The van der Waals surface area contributed by atoms with Crippen LogP contribution in [0.5, 0.6) is 11.5 Å². The summed E-state index contributed by atoms with van der Waals surface area (Å²) in [6.07, 6.45) is 11.2. The zero-order chi connectivity index (χ0) is 48.0. The molecule has 376 valence electrons. The van der Waals surface area contributed by atoms with Gasteiger partial charge < -0.3 is 69.7 Å². The van der Waals surface area contributed by atoms with Crippen molar-refractivity contribution < 1.29 is 38.6 Å². The van der Waals surface area contributed by atoms with Crippen LogP contribution < -0.4 is 40.5 Å². The standard InChI is InChI=1S/2C24H32N6O4S/c2*1-15-21(25)24(14-34-15)3-6-29(7-4-24)22-17(11-31)28-19(10-27-22)35-18-2-5-26-23-20(18)33-13-16-12-32-9-8-30(16)23/h2*2,5,10,15-16,21,31H,3-4,6-9,11-14,25H2,1H3/t15-,16+,21+;15-,16-,21+/m00/s1. The van der Waals surface area contributed by atoms with E-state index < -0.39 is 0 Å². The summed E-state index contributed by atoms with van der Waals surface area (Å²) in [5.74, 6) is 4.75. The van der Waals surface area contributed by atoms with Crippen molar-refractivity contribution >= 4 is 46.8 Å². The average Bonchev–Trinajstić information content (AvgIpc) is 3.84. The second kappa shape index (κ2) is 20.3. The molecule has 20 nitrogen and oxygen atoms in total. The van der Waals surface area contributed by atoms with Gasteiger partial charge in [0.15, 0.2) is 34.8 Å². The zero-order valence-corrected chi connectivity index (χ0v) is 41.5. The van der Waals surface area contributed by atoms with E-state index in [0.29, 0.717) is 61.1 Å². The van der Waals surface area contributed by atoms with Gasteiger partial charge >= 0.3 is 0 Å². The SMILES string of the molecule is C[C@@H]1OCC2(CCN(c3ncc(Sc4ccnc5c4OC[C@@H]4COCCN54)nc3CO)CC2)[C@@H]1N.C[C@@H]1OCC2(CCN(c3ncc(Sc4ccnc5c4OC[C@H]4COCCN54)nc3CO)CC2)[C@@H]1N. The summed E-state index contributed by atoms with van der Waals surface area (Å²) >= 11 is 2.97. The Kier molecular flexibility index (Phi) is 13.9. The second-order valence-electron chi connectivity index (χ2n) is 19.6. The quantitative estimate of drug-likeness (QED) is 0.199. The first-order valence-electron chi connectivity index (χ1n) is 24.6. The number of hydrogen-bond donors (Lipinski definition) is 4. The fourth-order valence-corrected chi connectivity index (χ4v) is 13.0. The molecule has 0 unspecified atom stereocenters. The van der Waals surface area contributed by atoms with Gasteiger partial charge in [-0.2, -0.15) is 0 Å². The molecule has 0 radical (unpaired) electrons. The third-order valence-electron chi connectivity index (χ3n) is 15.7. The van der Waals surface area contributed by atoms with Crippen molar-refractivity contribution in [1.29, 1.82) is 0 Å². The van der Waals surface area contributed by atoms with Gasteiger partial charge in [0.05, 0.1) is 99.3 Å². The number of piperidine rings is 2. The number of aromatic nitrogens is 6. The highest BCUT2D eigenvalue weighted by atomic mass is 32.2. The van der Waals surface area contributed by atoms with E-state index in [1.54, 1.807) is 24.8 Å².